The van der Waals surface area contributed by atoms with E-state index in [-0.39, 0.29) is 17.7 Å². The topological polar surface area (TPSA) is 76.0 Å². The molecule has 0 bridgehead atoms. The minimum atomic E-state index is -0.174. The maximum absolute atomic E-state index is 12.5. The number of aryl methyl sites for hydroxylation is 1. The maximum Gasteiger partial charge on any atom is 0.261 e. The zero-order valence-electron chi connectivity index (χ0n) is 16.4. The number of aromatic nitrogens is 2. The molecule has 3 aromatic rings. The van der Waals surface area contributed by atoms with Crippen molar-refractivity contribution in [3.8, 4) is 0 Å². The minimum absolute atomic E-state index is 0.0324. The molecule has 0 saturated heterocycles. The van der Waals surface area contributed by atoms with Crippen molar-refractivity contribution in [3.05, 3.63) is 50.4 Å². The highest BCUT2D eigenvalue weighted by Gasteiger charge is 2.18. The lowest BCUT2D eigenvalue weighted by atomic mass is 10.2. The van der Waals surface area contributed by atoms with E-state index < -0.39 is 0 Å². The minimum Gasteiger partial charge on any atom is -0.354 e. The number of carbonyl (C=O) groups excluding carboxylic acids is 2. The highest BCUT2D eigenvalue weighted by Crippen LogP contribution is 2.31. The van der Waals surface area contributed by atoms with Crippen LogP contribution < -0.4 is 10.6 Å². The molecule has 0 saturated carbocycles. The van der Waals surface area contributed by atoms with Crippen LogP contribution in [0.3, 0.4) is 0 Å². The Balaban J connectivity index is 1.73. The van der Waals surface area contributed by atoms with E-state index in [0.29, 0.717) is 34.6 Å². The fourth-order valence-electron chi connectivity index (χ4n) is 2.82. The van der Waals surface area contributed by atoms with Crippen molar-refractivity contribution in [2.75, 3.05) is 13.1 Å². The Morgan fingerprint density at radius 3 is 2.48 bits per heavy atom. The zero-order valence-corrected chi connectivity index (χ0v) is 18.7. The SMILES string of the molecule is Cc1nn(Cc2c(Cl)cccc2Cl)c2sc(C(=O)NCCNC(=O)C(C)C)cc12. The Hall–Kier alpha value is -2.09. The molecule has 0 aliphatic heterocycles. The van der Waals surface area contributed by atoms with Crippen molar-refractivity contribution >= 4 is 56.6 Å². The van der Waals surface area contributed by atoms with Crippen molar-refractivity contribution in [1.29, 1.82) is 0 Å². The molecule has 154 valence electrons. The van der Waals surface area contributed by atoms with E-state index in [1.165, 1.54) is 11.3 Å². The molecule has 3 rings (SSSR count). The lowest BCUT2D eigenvalue weighted by Gasteiger charge is -2.08. The number of thiophene rings is 1. The molecule has 2 heterocycles. The summed E-state index contributed by atoms with van der Waals surface area (Å²) in [4.78, 5) is 25.5. The van der Waals surface area contributed by atoms with Gasteiger partial charge in [0, 0.05) is 40.0 Å². The Kier molecular flexibility index (Phi) is 6.82. The molecule has 0 aliphatic rings. The fraction of sp³-hybridized carbons (Fsp3) is 0.350. The van der Waals surface area contributed by atoms with Crippen molar-refractivity contribution in [3.63, 3.8) is 0 Å². The van der Waals surface area contributed by atoms with E-state index >= 15 is 0 Å². The molecule has 0 aliphatic carbocycles. The number of halogens is 2. The molecule has 2 N–H and O–H groups in total. The number of fused-ring (bicyclic) bond motifs is 1. The van der Waals surface area contributed by atoms with E-state index in [1.54, 1.807) is 18.2 Å². The number of amides is 2. The Morgan fingerprint density at radius 1 is 1.17 bits per heavy atom. The Labute approximate surface area is 183 Å². The number of carbonyl (C=O) groups is 2. The standard InChI is InChI=1S/C20H22Cl2N4O2S/c1-11(2)18(27)23-7-8-24-19(28)17-9-13-12(3)25-26(20(13)29-17)10-14-15(21)5-4-6-16(14)22/h4-6,9,11H,7-8,10H2,1-3H3,(H,23,27)(H,24,28). The predicted octanol–water partition coefficient (Wildman–Crippen LogP) is 4.26. The van der Waals surface area contributed by atoms with Gasteiger partial charge >= 0.3 is 0 Å². The molecular weight excluding hydrogens is 431 g/mol. The summed E-state index contributed by atoms with van der Waals surface area (Å²) in [6.45, 7) is 6.74. The van der Waals surface area contributed by atoms with Gasteiger partial charge in [-0.15, -0.1) is 11.3 Å². The van der Waals surface area contributed by atoms with Gasteiger partial charge in [-0.3, -0.25) is 9.59 Å². The highest BCUT2D eigenvalue weighted by molar-refractivity contribution is 7.20. The van der Waals surface area contributed by atoms with Crippen LogP contribution in [0.1, 0.15) is 34.8 Å². The number of nitrogens with zero attached hydrogens (tertiary/aromatic N) is 2. The van der Waals surface area contributed by atoms with Crippen molar-refractivity contribution in [2.24, 2.45) is 5.92 Å². The summed E-state index contributed by atoms with van der Waals surface area (Å²) in [5.74, 6) is -0.285. The average Bonchev–Trinajstić information content (AvgIpc) is 3.23. The predicted molar refractivity (Wildman–Crippen MR) is 118 cm³/mol. The molecule has 1 aromatic carbocycles. The van der Waals surface area contributed by atoms with E-state index in [0.717, 1.165) is 21.5 Å². The summed E-state index contributed by atoms with van der Waals surface area (Å²) in [5, 5.41) is 12.3. The van der Waals surface area contributed by atoms with E-state index in [1.807, 2.05) is 31.5 Å². The molecular formula is C20H22Cl2N4O2S. The number of hydrogen-bond acceptors (Lipinski definition) is 4. The Morgan fingerprint density at radius 2 is 1.83 bits per heavy atom. The summed E-state index contributed by atoms with van der Waals surface area (Å²) in [6, 6.07) is 7.23. The van der Waals surface area contributed by atoms with E-state index in [2.05, 4.69) is 15.7 Å². The number of benzene rings is 1. The van der Waals surface area contributed by atoms with Gasteiger partial charge in [0.2, 0.25) is 5.91 Å². The molecule has 2 aromatic heterocycles. The van der Waals surface area contributed by atoms with Gasteiger partial charge in [-0.1, -0.05) is 43.1 Å². The second-order valence-corrected chi connectivity index (χ2v) is 8.82. The first-order chi connectivity index (χ1) is 13.8. The second-order valence-electron chi connectivity index (χ2n) is 6.97. The monoisotopic (exact) mass is 452 g/mol. The van der Waals surface area contributed by atoms with Gasteiger partial charge in [-0.25, -0.2) is 4.68 Å². The van der Waals surface area contributed by atoms with Crippen LogP contribution in [0.5, 0.6) is 0 Å². The van der Waals surface area contributed by atoms with Crippen LogP contribution in [-0.2, 0) is 11.3 Å². The second kappa shape index (κ2) is 9.15. The van der Waals surface area contributed by atoms with Crippen LogP contribution in [0.25, 0.3) is 10.2 Å². The molecule has 0 radical (unpaired) electrons. The first-order valence-corrected chi connectivity index (χ1v) is 10.8. The highest BCUT2D eigenvalue weighted by atomic mass is 35.5. The third-order valence-electron chi connectivity index (χ3n) is 4.43. The van der Waals surface area contributed by atoms with E-state index in [9.17, 15) is 9.59 Å². The van der Waals surface area contributed by atoms with Gasteiger partial charge in [0.1, 0.15) is 4.83 Å². The molecule has 0 fully saturated rings. The fourth-order valence-corrected chi connectivity index (χ4v) is 4.41. The molecule has 2 amide bonds. The molecule has 6 nitrogen and oxygen atoms in total. The quantitative estimate of drug-likeness (QED) is 0.525. The van der Waals surface area contributed by atoms with Crippen molar-refractivity contribution in [2.45, 2.75) is 27.3 Å². The summed E-state index contributed by atoms with van der Waals surface area (Å²) >= 11 is 13.9. The summed E-state index contributed by atoms with van der Waals surface area (Å²) in [6.07, 6.45) is 0. The molecule has 9 heteroatoms. The van der Waals surface area contributed by atoms with Crippen LogP contribution in [0, 0.1) is 12.8 Å². The number of hydrogen-bond donors (Lipinski definition) is 2. The third kappa shape index (κ3) is 4.91. The molecule has 0 atom stereocenters. The molecule has 29 heavy (non-hydrogen) atoms. The first kappa shape index (κ1) is 21.6. The largest absolute Gasteiger partial charge is 0.354 e. The molecule has 0 spiro atoms. The van der Waals surface area contributed by atoms with Gasteiger partial charge in [-0.2, -0.15) is 5.10 Å². The summed E-state index contributed by atoms with van der Waals surface area (Å²) in [5.41, 5.74) is 1.63. The normalized spacial score (nSPS) is 11.2. The summed E-state index contributed by atoms with van der Waals surface area (Å²) < 4.78 is 1.82. The van der Waals surface area contributed by atoms with Crippen LogP contribution >= 0.6 is 34.5 Å². The van der Waals surface area contributed by atoms with Gasteiger partial charge in [-0.05, 0) is 25.1 Å². The third-order valence-corrected chi connectivity index (χ3v) is 6.29. The van der Waals surface area contributed by atoms with Crippen molar-refractivity contribution in [1.82, 2.24) is 20.4 Å². The Bertz CT molecular complexity index is 1040. The van der Waals surface area contributed by atoms with Gasteiger partial charge in [0.15, 0.2) is 0 Å². The van der Waals surface area contributed by atoms with Crippen LogP contribution in [0.4, 0.5) is 0 Å². The van der Waals surface area contributed by atoms with Crippen LogP contribution in [0.15, 0.2) is 24.3 Å². The average molecular weight is 453 g/mol. The summed E-state index contributed by atoms with van der Waals surface area (Å²) in [7, 11) is 0. The van der Waals surface area contributed by atoms with Crippen LogP contribution in [0.2, 0.25) is 10.0 Å². The van der Waals surface area contributed by atoms with Gasteiger partial charge in [0.25, 0.3) is 5.91 Å². The van der Waals surface area contributed by atoms with Crippen LogP contribution in [-0.4, -0.2) is 34.7 Å². The maximum atomic E-state index is 12.5. The number of nitrogens with one attached hydrogen (secondary N) is 2. The van der Waals surface area contributed by atoms with Gasteiger partial charge < -0.3 is 10.6 Å². The smallest absolute Gasteiger partial charge is 0.261 e. The molecule has 0 unspecified atom stereocenters. The lowest BCUT2D eigenvalue weighted by Crippen LogP contribution is -2.36. The number of rotatable bonds is 7. The lowest BCUT2D eigenvalue weighted by molar-refractivity contribution is -0.123. The van der Waals surface area contributed by atoms with Crippen molar-refractivity contribution < 1.29 is 9.59 Å². The zero-order chi connectivity index (χ0) is 21.1. The van der Waals surface area contributed by atoms with E-state index in [4.69, 9.17) is 23.2 Å². The van der Waals surface area contributed by atoms with Gasteiger partial charge in [0.05, 0.1) is 17.1 Å². The first-order valence-electron chi connectivity index (χ1n) is 9.23.